The van der Waals surface area contributed by atoms with Crippen molar-refractivity contribution in [2.75, 3.05) is 19.6 Å². The number of carbonyl (C=O) groups is 2. The molecule has 0 saturated carbocycles. The van der Waals surface area contributed by atoms with E-state index in [1.54, 1.807) is 23.1 Å². The second-order valence-electron chi connectivity index (χ2n) is 15.1. The summed E-state index contributed by atoms with van der Waals surface area (Å²) in [6.45, 7) is 9.87. The van der Waals surface area contributed by atoms with E-state index in [4.69, 9.17) is 23.7 Å². The molecule has 1 unspecified atom stereocenters. The molecule has 6 atom stereocenters. The van der Waals surface area contributed by atoms with Crippen LogP contribution in [0.5, 0.6) is 0 Å². The molecule has 9 rings (SSSR count). The standard InChI is InChI=1S/C16H20FNO3.2C11H12FNO.C2HF3O.CH4/c1-16(2,3)21-15(19)18-7-6-13(18)14-12-5-4-11(17)8-10(12)9-20-14;2*12-8-1-2-9-7(5-8)6-14-11(9)10-3-4-13-10;3-2(4,5)1-6;/h4-5,8,13-14H,6-7,9H2,1-3H3;2*1-2,5,10-11,13H,3-4,6H2;1H;1H4/t13-,14?;10-,11+;10-,11-;;/m000../s1. The van der Waals surface area contributed by atoms with E-state index in [-0.39, 0.29) is 55.3 Å². The molecule has 9 nitrogen and oxygen atoms in total. The Balaban J connectivity index is 0.000000152. The first-order valence-corrected chi connectivity index (χ1v) is 18.3. The smallest absolute Gasteiger partial charge is 0.444 e. The number of halogens is 6. The second-order valence-corrected chi connectivity index (χ2v) is 15.1. The number of aldehydes is 1. The number of amides is 1. The van der Waals surface area contributed by atoms with Gasteiger partial charge in [0.15, 0.2) is 0 Å². The molecule has 0 aromatic heterocycles. The van der Waals surface area contributed by atoms with Gasteiger partial charge in [0.25, 0.3) is 0 Å². The van der Waals surface area contributed by atoms with Crippen molar-refractivity contribution in [2.24, 2.45) is 0 Å². The lowest BCUT2D eigenvalue weighted by molar-refractivity contribution is -0.156. The molecule has 56 heavy (non-hydrogen) atoms. The summed E-state index contributed by atoms with van der Waals surface area (Å²) in [5, 5.41) is 6.65. The van der Waals surface area contributed by atoms with E-state index >= 15 is 0 Å². The predicted molar refractivity (Wildman–Crippen MR) is 195 cm³/mol. The van der Waals surface area contributed by atoms with E-state index in [9.17, 15) is 31.1 Å². The van der Waals surface area contributed by atoms with Gasteiger partial charge in [-0.2, -0.15) is 13.2 Å². The van der Waals surface area contributed by atoms with E-state index in [1.165, 1.54) is 24.3 Å². The van der Waals surface area contributed by atoms with Crippen molar-refractivity contribution >= 4 is 12.4 Å². The number of alkyl halides is 3. The van der Waals surface area contributed by atoms with Crippen molar-refractivity contribution in [1.29, 1.82) is 0 Å². The van der Waals surface area contributed by atoms with Crippen LogP contribution in [0, 0.1) is 17.5 Å². The van der Waals surface area contributed by atoms with Gasteiger partial charge in [-0.05, 0) is 123 Å². The summed E-state index contributed by atoms with van der Waals surface area (Å²) in [4.78, 5) is 22.6. The van der Waals surface area contributed by atoms with Crippen LogP contribution in [0.25, 0.3) is 0 Å². The van der Waals surface area contributed by atoms with Crippen molar-refractivity contribution in [2.45, 2.75) is 115 Å². The van der Waals surface area contributed by atoms with E-state index in [2.05, 4.69) is 10.6 Å². The van der Waals surface area contributed by atoms with Gasteiger partial charge in [0.1, 0.15) is 29.2 Å². The molecule has 306 valence electrons. The van der Waals surface area contributed by atoms with Gasteiger partial charge in [0.2, 0.25) is 6.29 Å². The summed E-state index contributed by atoms with van der Waals surface area (Å²) in [7, 11) is 0. The van der Waals surface area contributed by atoms with Crippen LogP contribution >= 0.6 is 0 Å². The highest BCUT2D eigenvalue weighted by Crippen LogP contribution is 2.41. The minimum atomic E-state index is -4.64. The summed E-state index contributed by atoms with van der Waals surface area (Å²) < 4.78 is 92.8. The lowest BCUT2D eigenvalue weighted by Crippen LogP contribution is -2.55. The van der Waals surface area contributed by atoms with Gasteiger partial charge in [0.05, 0.1) is 38.1 Å². The summed E-state index contributed by atoms with van der Waals surface area (Å²) in [6, 6.07) is 15.4. The van der Waals surface area contributed by atoms with E-state index in [0.717, 1.165) is 65.7 Å². The first kappa shape index (κ1) is 43.1. The Morgan fingerprint density at radius 2 is 1.09 bits per heavy atom. The molecule has 0 aliphatic carbocycles. The molecule has 6 aliphatic heterocycles. The van der Waals surface area contributed by atoms with Crippen LogP contribution in [-0.2, 0) is 43.6 Å². The summed E-state index contributed by atoms with van der Waals surface area (Å²) >= 11 is 0. The van der Waals surface area contributed by atoms with Gasteiger partial charge < -0.3 is 34.5 Å². The van der Waals surface area contributed by atoms with Crippen LogP contribution in [0.4, 0.5) is 31.1 Å². The number of hydrogen-bond donors (Lipinski definition) is 2. The number of ether oxygens (including phenoxy) is 4. The van der Waals surface area contributed by atoms with Crippen molar-refractivity contribution < 1.29 is 54.9 Å². The van der Waals surface area contributed by atoms with Gasteiger partial charge in [-0.25, -0.2) is 18.0 Å². The Morgan fingerprint density at radius 1 is 0.714 bits per heavy atom. The zero-order chi connectivity index (χ0) is 39.5. The third-order valence-electron chi connectivity index (χ3n) is 10.1. The van der Waals surface area contributed by atoms with Crippen molar-refractivity contribution in [1.82, 2.24) is 15.5 Å². The molecule has 3 aromatic rings. The van der Waals surface area contributed by atoms with Gasteiger partial charge >= 0.3 is 12.3 Å². The Morgan fingerprint density at radius 3 is 1.39 bits per heavy atom. The van der Waals surface area contributed by atoms with E-state index < -0.39 is 18.1 Å². The number of likely N-dealkylation sites (tertiary alicyclic amines) is 1. The molecule has 0 radical (unpaired) electrons. The molecule has 0 spiro atoms. The van der Waals surface area contributed by atoms with Gasteiger partial charge in [-0.15, -0.1) is 0 Å². The normalized spacial score (nSPS) is 25.3. The Bertz CT molecular complexity index is 1760. The van der Waals surface area contributed by atoms with E-state index in [1.807, 2.05) is 32.9 Å². The molecule has 3 aromatic carbocycles. The summed E-state index contributed by atoms with van der Waals surface area (Å²) in [5.41, 5.74) is 5.67. The number of nitrogens with zero attached hydrogens (tertiary/aromatic N) is 1. The lowest BCUT2D eigenvalue weighted by atomic mass is 9.92. The van der Waals surface area contributed by atoms with Crippen LogP contribution in [0.3, 0.4) is 0 Å². The fourth-order valence-electron chi connectivity index (χ4n) is 7.13. The van der Waals surface area contributed by atoms with Gasteiger partial charge in [-0.3, -0.25) is 4.79 Å². The largest absolute Gasteiger partial charge is 0.446 e. The van der Waals surface area contributed by atoms with Crippen LogP contribution in [0.2, 0.25) is 0 Å². The number of hydrogen-bond acceptors (Lipinski definition) is 8. The van der Waals surface area contributed by atoms with Crippen molar-refractivity contribution in [3.63, 3.8) is 0 Å². The van der Waals surface area contributed by atoms with Crippen molar-refractivity contribution in [3.05, 3.63) is 105 Å². The molecule has 2 N–H and O–H groups in total. The average molecular weight is 794 g/mol. The first-order chi connectivity index (χ1) is 26.1. The lowest BCUT2D eigenvalue weighted by Gasteiger charge is -2.44. The summed E-state index contributed by atoms with van der Waals surface area (Å²) in [5.74, 6) is -0.597. The topological polar surface area (TPSA) is 98.4 Å². The SMILES string of the molecule is C.CC(C)(C)OC(=O)N1CC[C@H]1C1OCc2cc(F)ccc21.Fc1ccc2c(c1)CO[C@@H]2[C@@H]1CCN1.Fc1ccc2c(c1)CO[C@H]2[C@@H]1CCN1.O=CC(F)(F)F. The Hall–Kier alpha value is -4.02. The molecule has 3 fully saturated rings. The zero-order valence-corrected chi connectivity index (χ0v) is 30.8. The van der Waals surface area contributed by atoms with Crippen LogP contribution in [-0.4, -0.2) is 66.8 Å². The molecular weight excluding hydrogens is 744 g/mol. The second kappa shape index (κ2) is 18.1. The van der Waals surface area contributed by atoms with Crippen LogP contribution in [0.1, 0.15) is 99.2 Å². The highest BCUT2D eigenvalue weighted by atomic mass is 19.4. The third kappa shape index (κ3) is 10.5. The highest BCUT2D eigenvalue weighted by molar-refractivity contribution is 5.70. The first-order valence-electron chi connectivity index (χ1n) is 18.3. The maximum absolute atomic E-state index is 13.2. The maximum atomic E-state index is 13.2. The van der Waals surface area contributed by atoms with Crippen LogP contribution < -0.4 is 10.6 Å². The molecule has 3 saturated heterocycles. The van der Waals surface area contributed by atoms with Crippen LogP contribution in [0.15, 0.2) is 54.6 Å². The molecule has 6 heterocycles. The molecular formula is C41H49F6N3O6. The fraction of sp³-hybridized carbons (Fsp3) is 0.512. The molecule has 0 bridgehead atoms. The number of rotatable bonds is 3. The predicted octanol–water partition coefficient (Wildman–Crippen LogP) is 8.31. The number of fused-ring (bicyclic) bond motifs is 3. The zero-order valence-electron chi connectivity index (χ0n) is 30.8. The number of carbonyl (C=O) groups excluding carboxylic acids is 2. The minimum absolute atomic E-state index is 0. The molecule has 15 heteroatoms. The number of benzene rings is 3. The highest BCUT2D eigenvalue weighted by Gasteiger charge is 2.44. The van der Waals surface area contributed by atoms with Crippen molar-refractivity contribution in [3.8, 4) is 0 Å². The fourth-order valence-corrected chi connectivity index (χ4v) is 7.13. The minimum Gasteiger partial charge on any atom is -0.444 e. The molecule has 1 amide bonds. The monoisotopic (exact) mass is 793 g/mol. The third-order valence-corrected chi connectivity index (χ3v) is 10.1. The van der Waals surface area contributed by atoms with E-state index in [0.29, 0.717) is 38.4 Å². The quantitative estimate of drug-likeness (QED) is 0.202. The average Bonchev–Trinajstić information content (AvgIpc) is 3.76. The van der Waals surface area contributed by atoms with Gasteiger partial charge in [0, 0.05) is 18.6 Å². The Kier molecular flexibility index (Phi) is 13.9. The van der Waals surface area contributed by atoms with Gasteiger partial charge in [-0.1, -0.05) is 25.6 Å². The summed E-state index contributed by atoms with van der Waals surface area (Å²) in [6.07, 6.45) is -2.73. The maximum Gasteiger partial charge on any atom is 0.446 e. The molecule has 6 aliphatic rings. The number of nitrogens with one attached hydrogen (secondary N) is 2. The Labute approximate surface area is 323 Å².